The van der Waals surface area contributed by atoms with Crippen molar-refractivity contribution < 1.29 is 14.3 Å². The summed E-state index contributed by atoms with van der Waals surface area (Å²) in [6.45, 7) is 2.49. The van der Waals surface area contributed by atoms with Gasteiger partial charge in [0.2, 0.25) is 0 Å². The Kier molecular flexibility index (Phi) is 6.00. The molecule has 0 aromatic heterocycles. The molecule has 5 nitrogen and oxygen atoms in total. The zero-order chi connectivity index (χ0) is 16.7. The quantitative estimate of drug-likeness (QED) is 0.826. The summed E-state index contributed by atoms with van der Waals surface area (Å²) in [5.41, 5.74) is 5.44. The highest BCUT2D eigenvalue weighted by Gasteiger charge is 2.13. The molecule has 0 aliphatic carbocycles. The average molecular weight is 333 g/mol. The van der Waals surface area contributed by atoms with Crippen molar-refractivity contribution in [2.24, 2.45) is 0 Å². The molecule has 23 heavy (non-hydrogen) atoms. The Hall–Kier alpha value is -2.53. The molecule has 6 heteroatoms. The first-order chi connectivity index (χ1) is 11.1. The fourth-order valence-corrected chi connectivity index (χ4v) is 2.07. The van der Waals surface area contributed by atoms with Gasteiger partial charge in [0, 0.05) is 10.6 Å². The molecule has 0 saturated carbocycles. The van der Waals surface area contributed by atoms with Crippen LogP contribution in [0.1, 0.15) is 34.1 Å². The lowest BCUT2D eigenvalue weighted by molar-refractivity contribution is 0.0844. The van der Waals surface area contributed by atoms with Crippen molar-refractivity contribution in [3.05, 3.63) is 64.7 Å². The van der Waals surface area contributed by atoms with Gasteiger partial charge < -0.3 is 4.74 Å². The fourth-order valence-electron chi connectivity index (χ4n) is 1.87. The van der Waals surface area contributed by atoms with Crippen LogP contribution < -0.4 is 15.6 Å². The van der Waals surface area contributed by atoms with Crippen LogP contribution in [0.15, 0.2) is 48.5 Å². The summed E-state index contributed by atoms with van der Waals surface area (Å²) in [5.74, 6) is -0.427. The van der Waals surface area contributed by atoms with Gasteiger partial charge in [-0.1, -0.05) is 36.7 Å². The molecular formula is C17H17ClN2O3. The van der Waals surface area contributed by atoms with E-state index in [-0.39, 0.29) is 0 Å². The first kappa shape index (κ1) is 16.8. The molecule has 0 bridgehead atoms. The number of carbonyl (C=O) groups excluding carboxylic acids is 2. The van der Waals surface area contributed by atoms with Gasteiger partial charge in [0.1, 0.15) is 5.75 Å². The average Bonchev–Trinajstić information content (AvgIpc) is 2.57. The third-order valence-corrected chi connectivity index (χ3v) is 3.20. The van der Waals surface area contributed by atoms with Crippen LogP contribution in [-0.4, -0.2) is 18.4 Å². The van der Waals surface area contributed by atoms with Crippen LogP contribution in [0.2, 0.25) is 5.02 Å². The molecule has 0 fully saturated rings. The number of halogens is 1. The molecule has 0 atom stereocenters. The van der Waals surface area contributed by atoms with E-state index in [0.29, 0.717) is 28.5 Å². The van der Waals surface area contributed by atoms with Crippen molar-refractivity contribution in [2.75, 3.05) is 6.61 Å². The highest BCUT2D eigenvalue weighted by Crippen LogP contribution is 2.17. The lowest BCUT2D eigenvalue weighted by Gasteiger charge is -2.11. The summed E-state index contributed by atoms with van der Waals surface area (Å²) in [7, 11) is 0. The van der Waals surface area contributed by atoms with Crippen molar-refractivity contribution >= 4 is 23.4 Å². The van der Waals surface area contributed by atoms with Crippen molar-refractivity contribution in [1.82, 2.24) is 10.9 Å². The summed E-state index contributed by atoms with van der Waals surface area (Å²) >= 11 is 5.83. The first-order valence-corrected chi connectivity index (χ1v) is 7.57. The van der Waals surface area contributed by atoms with Crippen LogP contribution >= 0.6 is 11.6 Å². The summed E-state index contributed by atoms with van der Waals surface area (Å²) in [4.78, 5) is 24.2. The Labute approximate surface area is 139 Å². The second-order valence-corrected chi connectivity index (χ2v) is 5.20. The van der Waals surface area contributed by atoms with E-state index < -0.39 is 11.8 Å². The molecule has 2 rings (SSSR count). The zero-order valence-corrected chi connectivity index (χ0v) is 13.4. The standard InChI is InChI=1S/C17H17ClN2O3/c1-2-10-23-15-9-4-3-8-14(15)17(22)20-19-16(21)12-6-5-7-13(18)11-12/h3-9,11H,2,10H2,1H3,(H,19,21)(H,20,22). The van der Waals surface area contributed by atoms with E-state index in [2.05, 4.69) is 10.9 Å². The van der Waals surface area contributed by atoms with Crippen LogP contribution in [-0.2, 0) is 0 Å². The molecule has 120 valence electrons. The Morgan fingerprint density at radius 2 is 1.78 bits per heavy atom. The van der Waals surface area contributed by atoms with Gasteiger partial charge in [-0.25, -0.2) is 0 Å². The fraction of sp³-hybridized carbons (Fsp3) is 0.176. The molecule has 2 amide bonds. The van der Waals surface area contributed by atoms with Gasteiger partial charge in [-0.15, -0.1) is 0 Å². The Morgan fingerprint density at radius 1 is 1.04 bits per heavy atom. The molecule has 0 unspecified atom stereocenters. The van der Waals surface area contributed by atoms with Crippen LogP contribution in [0, 0.1) is 0 Å². The molecular weight excluding hydrogens is 316 g/mol. The second-order valence-electron chi connectivity index (χ2n) is 4.76. The summed E-state index contributed by atoms with van der Waals surface area (Å²) < 4.78 is 5.52. The zero-order valence-electron chi connectivity index (χ0n) is 12.6. The third-order valence-electron chi connectivity index (χ3n) is 2.97. The summed E-state index contributed by atoms with van der Waals surface area (Å²) in [5, 5.41) is 0.447. The molecule has 0 heterocycles. The van der Waals surface area contributed by atoms with E-state index >= 15 is 0 Å². The lowest BCUT2D eigenvalue weighted by Crippen LogP contribution is -2.41. The van der Waals surface area contributed by atoms with E-state index in [1.165, 1.54) is 6.07 Å². The Balaban J connectivity index is 2.01. The van der Waals surface area contributed by atoms with Crippen molar-refractivity contribution in [2.45, 2.75) is 13.3 Å². The molecule has 0 spiro atoms. The number of ether oxygens (including phenoxy) is 1. The first-order valence-electron chi connectivity index (χ1n) is 7.20. The monoisotopic (exact) mass is 332 g/mol. The van der Waals surface area contributed by atoms with Gasteiger partial charge in [0.15, 0.2) is 0 Å². The number of benzene rings is 2. The molecule has 2 aromatic carbocycles. The molecule has 0 aliphatic rings. The number of hydrogen-bond donors (Lipinski definition) is 2. The molecule has 0 saturated heterocycles. The summed E-state index contributed by atoms with van der Waals surface area (Å²) in [6, 6.07) is 13.3. The second kappa shape index (κ2) is 8.19. The SMILES string of the molecule is CCCOc1ccccc1C(=O)NNC(=O)c1cccc(Cl)c1. The largest absolute Gasteiger partial charge is 0.493 e. The smallest absolute Gasteiger partial charge is 0.273 e. The maximum absolute atomic E-state index is 12.2. The van der Waals surface area contributed by atoms with E-state index in [0.717, 1.165) is 6.42 Å². The maximum Gasteiger partial charge on any atom is 0.273 e. The van der Waals surface area contributed by atoms with Gasteiger partial charge in [0.05, 0.1) is 12.2 Å². The molecule has 0 radical (unpaired) electrons. The van der Waals surface area contributed by atoms with Crippen LogP contribution in [0.25, 0.3) is 0 Å². The Bertz CT molecular complexity index is 704. The predicted molar refractivity (Wildman–Crippen MR) is 88.6 cm³/mol. The minimum atomic E-state index is -0.452. The van der Waals surface area contributed by atoms with Gasteiger partial charge in [-0.05, 0) is 36.8 Å². The predicted octanol–water partition coefficient (Wildman–Crippen LogP) is 3.20. The maximum atomic E-state index is 12.2. The topological polar surface area (TPSA) is 67.4 Å². The highest BCUT2D eigenvalue weighted by atomic mass is 35.5. The summed E-state index contributed by atoms with van der Waals surface area (Å²) in [6.07, 6.45) is 0.835. The highest BCUT2D eigenvalue weighted by molar-refractivity contribution is 6.30. The number of nitrogens with one attached hydrogen (secondary N) is 2. The lowest BCUT2D eigenvalue weighted by atomic mass is 10.2. The number of rotatable bonds is 5. The van der Waals surface area contributed by atoms with Gasteiger partial charge >= 0.3 is 0 Å². The number of para-hydroxylation sites is 1. The number of amides is 2. The van der Waals surface area contributed by atoms with Crippen LogP contribution in [0.5, 0.6) is 5.75 Å². The van der Waals surface area contributed by atoms with E-state index in [1.54, 1.807) is 42.5 Å². The van der Waals surface area contributed by atoms with Crippen molar-refractivity contribution in [3.8, 4) is 5.75 Å². The Morgan fingerprint density at radius 3 is 2.52 bits per heavy atom. The number of hydrazine groups is 1. The van der Waals surface area contributed by atoms with Crippen LogP contribution in [0.4, 0.5) is 0 Å². The van der Waals surface area contributed by atoms with E-state index in [1.807, 2.05) is 6.92 Å². The number of carbonyl (C=O) groups is 2. The van der Waals surface area contributed by atoms with Crippen molar-refractivity contribution in [1.29, 1.82) is 0 Å². The number of hydrogen-bond acceptors (Lipinski definition) is 3. The van der Waals surface area contributed by atoms with Gasteiger partial charge in [0.25, 0.3) is 11.8 Å². The van der Waals surface area contributed by atoms with Crippen LogP contribution in [0.3, 0.4) is 0 Å². The minimum Gasteiger partial charge on any atom is -0.493 e. The third kappa shape index (κ3) is 4.72. The van der Waals surface area contributed by atoms with Gasteiger partial charge in [-0.2, -0.15) is 0 Å². The molecule has 2 aromatic rings. The normalized spacial score (nSPS) is 10.0. The van der Waals surface area contributed by atoms with Crippen molar-refractivity contribution in [3.63, 3.8) is 0 Å². The van der Waals surface area contributed by atoms with Gasteiger partial charge in [-0.3, -0.25) is 20.4 Å². The minimum absolute atomic E-state index is 0.354. The van der Waals surface area contributed by atoms with E-state index in [9.17, 15) is 9.59 Å². The van der Waals surface area contributed by atoms with E-state index in [4.69, 9.17) is 16.3 Å². The molecule has 2 N–H and O–H groups in total. The molecule has 0 aliphatic heterocycles.